The van der Waals surface area contributed by atoms with E-state index in [9.17, 15) is 4.79 Å². The highest BCUT2D eigenvalue weighted by molar-refractivity contribution is 5.91. The highest BCUT2D eigenvalue weighted by Crippen LogP contribution is 1.87. The van der Waals surface area contributed by atoms with Crippen LogP contribution in [0.3, 0.4) is 0 Å². The molecule has 64 valence electrons. The Morgan fingerprint density at radius 2 is 2.67 bits per heavy atom. The Kier molecular flexibility index (Phi) is 3.01. The maximum Gasteiger partial charge on any atom is 0.273 e. The molecular weight excluding hydrogens is 156 g/mol. The van der Waals surface area contributed by atoms with Gasteiger partial charge in [0, 0.05) is 6.54 Å². The van der Waals surface area contributed by atoms with Crippen LogP contribution in [0.1, 0.15) is 16.9 Å². The van der Waals surface area contributed by atoms with Crippen LogP contribution in [-0.4, -0.2) is 27.9 Å². The zero-order valence-electron chi connectivity index (χ0n) is 6.58. The van der Waals surface area contributed by atoms with Crippen molar-refractivity contribution in [1.29, 1.82) is 0 Å². The van der Waals surface area contributed by atoms with Gasteiger partial charge in [-0.25, -0.2) is 0 Å². The SMILES string of the molecule is C=CCCNC(=O)c1cn[nH]n1. The quantitative estimate of drug-likeness (QED) is 0.492. The van der Waals surface area contributed by atoms with Crippen LogP contribution in [0.2, 0.25) is 0 Å². The lowest BCUT2D eigenvalue weighted by Crippen LogP contribution is -2.24. The third-order valence-corrected chi connectivity index (χ3v) is 1.28. The van der Waals surface area contributed by atoms with Gasteiger partial charge >= 0.3 is 0 Å². The monoisotopic (exact) mass is 166 g/mol. The Labute approximate surface area is 69.9 Å². The van der Waals surface area contributed by atoms with Crippen molar-refractivity contribution in [2.45, 2.75) is 6.42 Å². The molecule has 0 aliphatic heterocycles. The van der Waals surface area contributed by atoms with E-state index in [0.29, 0.717) is 12.2 Å². The Morgan fingerprint density at radius 1 is 1.83 bits per heavy atom. The molecule has 0 unspecified atom stereocenters. The Hall–Kier alpha value is -1.65. The lowest BCUT2D eigenvalue weighted by molar-refractivity contribution is 0.0949. The molecule has 5 heteroatoms. The standard InChI is InChI=1S/C7H10N4O/c1-2-3-4-8-7(12)6-5-9-11-10-6/h2,5H,1,3-4H2,(H,8,12)(H,9,10,11). The van der Waals surface area contributed by atoms with Gasteiger partial charge < -0.3 is 5.32 Å². The molecule has 0 saturated heterocycles. The van der Waals surface area contributed by atoms with Crippen molar-refractivity contribution in [3.63, 3.8) is 0 Å². The molecule has 2 N–H and O–H groups in total. The van der Waals surface area contributed by atoms with Crippen LogP contribution >= 0.6 is 0 Å². The second kappa shape index (κ2) is 4.27. The minimum absolute atomic E-state index is 0.217. The van der Waals surface area contributed by atoms with Crippen LogP contribution in [0, 0.1) is 0 Å². The molecule has 1 amide bonds. The molecule has 1 aromatic heterocycles. The summed E-state index contributed by atoms with van der Waals surface area (Å²) in [7, 11) is 0. The van der Waals surface area contributed by atoms with Gasteiger partial charge in [0.25, 0.3) is 5.91 Å². The van der Waals surface area contributed by atoms with Gasteiger partial charge in [-0.05, 0) is 6.42 Å². The first-order chi connectivity index (χ1) is 5.84. The fourth-order valence-corrected chi connectivity index (χ4v) is 0.689. The molecule has 0 aliphatic carbocycles. The van der Waals surface area contributed by atoms with Crippen LogP contribution < -0.4 is 5.32 Å². The molecule has 0 radical (unpaired) electrons. The summed E-state index contributed by atoms with van der Waals surface area (Å²) in [6.07, 6.45) is 3.87. The van der Waals surface area contributed by atoms with Gasteiger partial charge in [0.1, 0.15) is 0 Å². The van der Waals surface area contributed by atoms with Crippen molar-refractivity contribution in [2.75, 3.05) is 6.54 Å². The number of amides is 1. The first kappa shape index (κ1) is 8.45. The summed E-state index contributed by atoms with van der Waals surface area (Å²) in [5, 5.41) is 12.1. The number of rotatable bonds is 4. The van der Waals surface area contributed by atoms with Crippen molar-refractivity contribution in [1.82, 2.24) is 20.7 Å². The van der Waals surface area contributed by atoms with Crippen molar-refractivity contribution >= 4 is 5.91 Å². The largest absolute Gasteiger partial charge is 0.350 e. The Balaban J connectivity index is 2.34. The number of carbonyl (C=O) groups excluding carboxylic acids is 1. The van der Waals surface area contributed by atoms with Crippen LogP contribution in [0.5, 0.6) is 0 Å². The van der Waals surface area contributed by atoms with Crippen LogP contribution in [0.25, 0.3) is 0 Å². The lowest BCUT2D eigenvalue weighted by atomic mass is 10.4. The maximum absolute atomic E-state index is 11.1. The fraction of sp³-hybridized carbons (Fsp3) is 0.286. The maximum atomic E-state index is 11.1. The molecule has 0 bridgehead atoms. The van der Waals surface area contributed by atoms with E-state index in [0.717, 1.165) is 6.42 Å². The van der Waals surface area contributed by atoms with Gasteiger partial charge in [0.15, 0.2) is 5.69 Å². The highest BCUT2D eigenvalue weighted by Gasteiger charge is 2.05. The van der Waals surface area contributed by atoms with Crippen LogP contribution in [-0.2, 0) is 0 Å². The van der Waals surface area contributed by atoms with Crippen LogP contribution in [0.15, 0.2) is 18.9 Å². The summed E-state index contributed by atoms with van der Waals surface area (Å²) in [6.45, 7) is 4.11. The van der Waals surface area contributed by atoms with E-state index in [1.165, 1.54) is 6.20 Å². The number of aromatic amines is 1. The average Bonchev–Trinajstić information content (AvgIpc) is 2.56. The number of H-pyrrole nitrogens is 1. The van der Waals surface area contributed by atoms with E-state index in [1.807, 2.05) is 0 Å². The number of nitrogens with one attached hydrogen (secondary N) is 2. The van der Waals surface area contributed by atoms with E-state index in [-0.39, 0.29) is 5.91 Å². The van der Waals surface area contributed by atoms with Crippen molar-refractivity contribution in [2.24, 2.45) is 0 Å². The summed E-state index contributed by atoms with van der Waals surface area (Å²) >= 11 is 0. The second-order valence-electron chi connectivity index (χ2n) is 2.19. The van der Waals surface area contributed by atoms with E-state index in [4.69, 9.17) is 0 Å². The minimum atomic E-state index is -0.217. The zero-order valence-corrected chi connectivity index (χ0v) is 6.58. The second-order valence-corrected chi connectivity index (χ2v) is 2.19. The normalized spacial score (nSPS) is 9.33. The molecule has 1 rings (SSSR count). The average molecular weight is 166 g/mol. The molecule has 0 aliphatic rings. The van der Waals surface area contributed by atoms with E-state index < -0.39 is 0 Å². The molecule has 0 atom stereocenters. The fourth-order valence-electron chi connectivity index (χ4n) is 0.689. The van der Waals surface area contributed by atoms with Crippen molar-refractivity contribution in [3.8, 4) is 0 Å². The summed E-state index contributed by atoms with van der Waals surface area (Å²) in [4.78, 5) is 11.1. The predicted octanol–water partition coefficient (Wildman–Crippen LogP) is 0.111. The van der Waals surface area contributed by atoms with Crippen molar-refractivity contribution in [3.05, 3.63) is 24.5 Å². The highest BCUT2D eigenvalue weighted by atomic mass is 16.1. The summed E-state index contributed by atoms with van der Waals surface area (Å²) in [6, 6.07) is 0. The number of hydrogen-bond donors (Lipinski definition) is 2. The molecule has 0 spiro atoms. The van der Waals surface area contributed by atoms with Gasteiger partial charge in [0.05, 0.1) is 6.20 Å². The molecule has 1 heterocycles. The third kappa shape index (κ3) is 2.19. The zero-order chi connectivity index (χ0) is 8.81. The van der Waals surface area contributed by atoms with Gasteiger partial charge in [-0.3, -0.25) is 4.79 Å². The first-order valence-electron chi connectivity index (χ1n) is 3.59. The lowest BCUT2D eigenvalue weighted by Gasteiger charge is -1.97. The van der Waals surface area contributed by atoms with Gasteiger partial charge in [-0.2, -0.15) is 15.4 Å². The number of hydrogen-bond acceptors (Lipinski definition) is 3. The van der Waals surface area contributed by atoms with Crippen LogP contribution in [0.4, 0.5) is 0 Å². The number of carbonyl (C=O) groups is 1. The minimum Gasteiger partial charge on any atom is -0.350 e. The summed E-state index contributed by atoms with van der Waals surface area (Å²) in [5.74, 6) is -0.217. The van der Waals surface area contributed by atoms with E-state index >= 15 is 0 Å². The Bertz CT molecular complexity index is 254. The predicted molar refractivity (Wildman–Crippen MR) is 43.5 cm³/mol. The molecule has 1 aromatic rings. The molecule has 0 saturated carbocycles. The van der Waals surface area contributed by atoms with Crippen molar-refractivity contribution < 1.29 is 4.79 Å². The molecule has 0 aromatic carbocycles. The first-order valence-corrected chi connectivity index (χ1v) is 3.59. The van der Waals surface area contributed by atoms with E-state index in [1.54, 1.807) is 6.08 Å². The van der Waals surface area contributed by atoms with Gasteiger partial charge in [-0.15, -0.1) is 6.58 Å². The number of aromatic nitrogens is 3. The summed E-state index contributed by atoms with van der Waals surface area (Å²) < 4.78 is 0. The molecule has 5 nitrogen and oxygen atoms in total. The molecular formula is C7H10N4O. The Morgan fingerprint density at radius 3 is 3.25 bits per heavy atom. The summed E-state index contributed by atoms with van der Waals surface area (Å²) in [5.41, 5.74) is 0.305. The topological polar surface area (TPSA) is 70.7 Å². The van der Waals surface area contributed by atoms with E-state index in [2.05, 4.69) is 27.3 Å². The number of nitrogens with zero attached hydrogens (tertiary/aromatic N) is 2. The smallest absolute Gasteiger partial charge is 0.273 e. The molecule has 0 fully saturated rings. The molecule has 12 heavy (non-hydrogen) atoms. The van der Waals surface area contributed by atoms with Gasteiger partial charge in [-0.1, -0.05) is 6.08 Å². The van der Waals surface area contributed by atoms with Gasteiger partial charge in [0.2, 0.25) is 0 Å². The third-order valence-electron chi connectivity index (χ3n) is 1.28.